The molecule has 6 rings (SSSR count). The predicted molar refractivity (Wildman–Crippen MR) is 130 cm³/mol. The average molecular weight is 483 g/mol. The summed E-state index contributed by atoms with van der Waals surface area (Å²) >= 11 is 0. The van der Waals surface area contributed by atoms with Crippen molar-refractivity contribution in [2.45, 2.75) is 36.2 Å². The molecule has 170 valence electrons. The minimum absolute atomic E-state index is 0. The molecule has 2 bridgehead atoms. The quantitative estimate of drug-likeness (QED) is 0.430. The smallest absolute Gasteiger partial charge is 0.267 e. The Morgan fingerprint density at radius 1 is 1.18 bits per heavy atom. The largest absolute Gasteiger partial charge is 0.495 e. The molecule has 2 aliphatic rings. The van der Waals surface area contributed by atoms with Gasteiger partial charge in [0, 0.05) is 54.3 Å². The first-order chi connectivity index (χ1) is 15.4. The van der Waals surface area contributed by atoms with E-state index < -0.39 is 10.0 Å². The number of rotatable bonds is 3. The number of ether oxygens (including phenoxy) is 1. The molecule has 2 unspecified atom stereocenters. The molecular formula is C24H23ClN4O3S. The fourth-order valence-electron chi connectivity index (χ4n) is 5.52. The molecule has 0 aliphatic carbocycles. The molecule has 2 aromatic carbocycles. The molecule has 4 heterocycles. The Labute approximate surface area is 198 Å². The van der Waals surface area contributed by atoms with E-state index in [1.54, 1.807) is 43.5 Å². The summed E-state index contributed by atoms with van der Waals surface area (Å²) < 4.78 is 36.7. The van der Waals surface area contributed by atoms with Crippen LogP contribution in [0.1, 0.15) is 30.1 Å². The van der Waals surface area contributed by atoms with Gasteiger partial charge in [0.2, 0.25) is 5.69 Å². The number of fused-ring (bicyclic) bond motifs is 7. The Hall–Kier alpha value is -2.99. The van der Waals surface area contributed by atoms with Gasteiger partial charge in [0.25, 0.3) is 10.0 Å². The third-order valence-corrected chi connectivity index (χ3v) is 8.62. The molecule has 0 radical (unpaired) electrons. The molecule has 1 fully saturated rings. The molecule has 2 aromatic heterocycles. The molecule has 9 heteroatoms. The predicted octanol–water partition coefficient (Wildman–Crippen LogP) is 4.70. The Morgan fingerprint density at radius 3 is 2.73 bits per heavy atom. The van der Waals surface area contributed by atoms with Crippen LogP contribution in [0.4, 0.5) is 5.69 Å². The van der Waals surface area contributed by atoms with Crippen LogP contribution in [0.15, 0.2) is 47.5 Å². The molecule has 2 aliphatic heterocycles. The van der Waals surface area contributed by atoms with E-state index >= 15 is 0 Å². The second kappa shape index (κ2) is 7.52. The van der Waals surface area contributed by atoms with Crippen LogP contribution in [0.25, 0.3) is 26.7 Å². The zero-order chi connectivity index (χ0) is 22.2. The first kappa shape index (κ1) is 21.8. The fourth-order valence-corrected chi connectivity index (χ4v) is 6.93. The maximum Gasteiger partial charge on any atom is 0.267 e. The molecule has 1 N–H and O–H groups in total. The van der Waals surface area contributed by atoms with Crippen LogP contribution in [0.2, 0.25) is 0 Å². The fraction of sp³-hybridized carbons (Fsp3) is 0.292. The van der Waals surface area contributed by atoms with E-state index in [1.165, 1.54) is 21.4 Å². The molecule has 0 saturated carbocycles. The van der Waals surface area contributed by atoms with Crippen molar-refractivity contribution in [3.8, 4) is 5.75 Å². The molecule has 7 nitrogen and oxygen atoms in total. The SMILES string of the molecule is Cl.[C-]#[N+]c1cn(S(=O)(=O)c2cc(OC)c3c(c2)c2c(n3C)CC3CCC2N3)c2ccccc12. The van der Waals surface area contributed by atoms with Gasteiger partial charge in [-0.1, -0.05) is 18.2 Å². The Morgan fingerprint density at radius 2 is 1.97 bits per heavy atom. The molecule has 0 amide bonds. The van der Waals surface area contributed by atoms with Crippen LogP contribution in [0.5, 0.6) is 5.75 Å². The zero-order valence-electron chi connectivity index (χ0n) is 18.2. The summed E-state index contributed by atoms with van der Waals surface area (Å²) in [7, 11) is -0.341. The molecule has 33 heavy (non-hydrogen) atoms. The number of nitrogens with one attached hydrogen (secondary N) is 1. The van der Waals surface area contributed by atoms with Crippen molar-refractivity contribution in [1.29, 1.82) is 0 Å². The molecular weight excluding hydrogens is 460 g/mol. The lowest BCUT2D eigenvalue weighted by Crippen LogP contribution is -2.32. The Bertz CT molecular complexity index is 1580. The number of methoxy groups -OCH3 is 1. The van der Waals surface area contributed by atoms with E-state index in [-0.39, 0.29) is 23.3 Å². The number of halogens is 1. The maximum atomic E-state index is 13.8. The number of aromatic nitrogens is 2. The van der Waals surface area contributed by atoms with E-state index in [9.17, 15) is 8.42 Å². The van der Waals surface area contributed by atoms with Crippen LogP contribution < -0.4 is 10.1 Å². The zero-order valence-corrected chi connectivity index (χ0v) is 19.8. The molecule has 2 atom stereocenters. The van der Waals surface area contributed by atoms with Gasteiger partial charge < -0.3 is 14.6 Å². The summed E-state index contributed by atoms with van der Waals surface area (Å²) in [5.41, 5.74) is 4.17. The number of benzene rings is 2. The van der Waals surface area contributed by atoms with Crippen LogP contribution >= 0.6 is 12.4 Å². The number of hydrogen-bond donors (Lipinski definition) is 1. The highest BCUT2D eigenvalue weighted by atomic mass is 35.5. The number of nitrogens with zero attached hydrogens (tertiary/aromatic N) is 3. The third kappa shape index (κ3) is 2.93. The van der Waals surface area contributed by atoms with Gasteiger partial charge in [-0.05, 0) is 30.5 Å². The lowest BCUT2D eigenvalue weighted by molar-refractivity contribution is 0.416. The molecule has 0 spiro atoms. The highest BCUT2D eigenvalue weighted by Crippen LogP contribution is 2.45. The Kier molecular flexibility index (Phi) is 4.98. The molecule has 1 saturated heterocycles. The summed E-state index contributed by atoms with van der Waals surface area (Å²) in [6.45, 7) is 7.46. The van der Waals surface area contributed by atoms with Crippen molar-refractivity contribution < 1.29 is 13.2 Å². The summed E-state index contributed by atoms with van der Waals surface area (Å²) in [6, 6.07) is 11.2. The third-order valence-electron chi connectivity index (χ3n) is 6.97. The minimum atomic E-state index is -3.95. The van der Waals surface area contributed by atoms with Crippen molar-refractivity contribution in [2.24, 2.45) is 7.05 Å². The van der Waals surface area contributed by atoms with E-state index in [1.807, 2.05) is 7.05 Å². The van der Waals surface area contributed by atoms with Crippen molar-refractivity contribution in [3.05, 3.63) is 65.3 Å². The van der Waals surface area contributed by atoms with E-state index in [0.717, 1.165) is 30.2 Å². The van der Waals surface area contributed by atoms with Gasteiger partial charge in [0.15, 0.2) is 0 Å². The van der Waals surface area contributed by atoms with Gasteiger partial charge in [-0.3, -0.25) is 3.97 Å². The summed E-state index contributed by atoms with van der Waals surface area (Å²) in [6.07, 6.45) is 4.52. The lowest BCUT2D eigenvalue weighted by atomic mass is 9.99. The van der Waals surface area contributed by atoms with E-state index in [0.29, 0.717) is 28.4 Å². The highest BCUT2D eigenvalue weighted by Gasteiger charge is 2.37. The van der Waals surface area contributed by atoms with Gasteiger partial charge in [-0.15, -0.1) is 12.4 Å². The maximum absolute atomic E-state index is 13.8. The van der Waals surface area contributed by atoms with Crippen LogP contribution in [0.3, 0.4) is 0 Å². The summed E-state index contributed by atoms with van der Waals surface area (Å²) in [5.74, 6) is 0.538. The first-order valence-corrected chi connectivity index (χ1v) is 12.1. The second-order valence-corrected chi connectivity index (χ2v) is 10.4. The van der Waals surface area contributed by atoms with Gasteiger partial charge in [0.05, 0.1) is 29.6 Å². The van der Waals surface area contributed by atoms with Gasteiger partial charge >= 0.3 is 0 Å². The van der Waals surface area contributed by atoms with Gasteiger partial charge in [0.1, 0.15) is 5.75 Å². The van der Waals surface area contributed by atoms with Gasteiger partial charge in [-0.2, -0.15) is 0 Å². The highest BCUT2D eigenvalue weighted by molar-refractivity contribution is 7.90. The number of para-hydroxylation sites is 1. The van der Waals surface area contributed by atoms with Crippen molar-refractivity contribution in [3.63, 3.8) is 0 Å². The number of aryl methyl sites for hydroxylation is 1. The number of hydrogen-bond acceptors (Lipinski definition) is 4. The summed E-state index contributed by atoms with van der Waals surface area (Å²) in [4.78, 5) is 3.69. The van der Waals surface area contributed by atoms with Crippen molar-refractivity contribution in [1.82, 2.24) is 13.9 Å². The van der Waals surface area contributed by atoms with Crippen LogP contribution in [0, 0.1) is 6.57 Å². The molecule has 4 aromatic rings. The monoisotopic (exact) mass is 482 g/mol. The normalized spacial score (nSPS) is 19.3. The Balaban J connectivity index is 0.00000228. The van der Waals surface area contributed by atoms with E-state index in [4.69, 9.17) is 11.3 Å². The minimum Gasteiger partial charge on any atom is -0.495 e. The lowest BCUT2D eigenvalue weighted by Gasteiger charge is -2.23. The van der Waals surface area contributed by atoms with Gasteiger partial charge in [-0.25, -0.2) is 13.3 Å². The first-order valence-electron chi connectivity index (χ1n) is 10.6. The standard InChI is InChI=1S/C24H22N4O3S.ClH/c1-25-19-13-28(20-7-5-4-6-16(19)20)32(29,30)15-11-17-23-18-9-8-14(26-18)10-21(23)27(2)24(17)22(12-15)31-3;/h4-7,11-14,18,26H,8-10H2,2-3H3;1H. The van der Waals surface area contributed by atoms with Crippen molar-refractivity contribution in [2.75, 3.05) is 7.11 Å². The van der Waals surface area contributed by atoms with E-state index in [2.05, 4.69) is 14.7 Å². The van der Waals surface area contributed by atoms with Crippen LogP contribution in [-0.2, 0) is 23.5 Å². The average Bonchev–Trinajstić information content (AvgIpc) is 3.46. The summed E-state index contributed by atoms with van der Waals surface area (Å²) in [5, 5.41) is 5.21. The second-order valence-electron chi connectivity index (χ2n) is 8.58. The van der Waals surface area contributed by atoms with Crippen molar-refractivity contribution >= 4 is 49.9 Å². The topological polar surface area (TPSA) is 69.6 Å². The van der Waals surface area contributed by atoms with Crippen LogP contribution in [-0.4, -0.2) is 30.1 Å².